The molecule has 0 amide bonds. The number of anilines is 1. The van der Waals surface area contributed by atoms with Gasteiger partial charge in [-0.05, 0) is 47.7 Å². The summed E-state index contributed by atoms with van der Waals surface area (Å²) in [6, 6.07) is 7.26. The molecule has 0 spiro atoms. The van der Waals surface area contributed by atoms with Crippen molar-refractivity contribution < 1.29 is 4.20 Å². The Morgan fingerprint density at radius 1 is 1.58 bits per heavy atom. The van der Waals surface area contributed by atoms with E-state index in [-0.39, 0.29) is 0 Å². The third-order valence-electron chi connectivity index (χ3n) is 1.28. The quantitative estimate of drug-likeness (QED) is 0.765. The van der Waals surface area contributed by atoms with Gasteiger partial charge in [0.1, 0.15) is 0 Å². The first-order chi connectivity index (χ1) is 5.47. The number of aryl methyl sites for hydroxylation is 1. The maximum absolute atomic E-state index is 12.8. The van der Waals surface area contributed by atoms with Crippen LogP contribution in [0.2, 0.25) is 0 Å². The molecule has 1 N–H and O–H groups in total. The smallest absolute Gasteiger partial charge is 0.285 e. The van der Waals surface area contributed by atoms with Crippen molar-refractivity contribution in [2.24, 2.45) is 0 Å². The number of benzene rings is 1. The standard InChI is InChI=1S/C7H8ClFNPS/c1-6-3-2-4-7(5-6)10-11(8,9)12/h2-5H,1H3,(H,10,12). The van der Waals surface area contributed by atoms with Gasteiger partial charge in [-0.25, -0.2) is 0 Å². The Morgan fingerprint density at radius 2 is 2.25 bits per heavy atom. The number of rotatable bonds is 2. The van der Waals surface area contributed by atoms with Crippen LogP contribution in [-0.2, 0) is 11.8 Å². The average Bonchev–Trinajstić information content (AvgIpc) is 1.82. The molecular formula is C7H8ClFNPS. The molecule has 0 saturated carbocycles. The predicted molar refractivity (Wildman–Crippen MR) is 56.0 cm³/mol. The lowest BCUT2D eigenvalue weighted by molar-refractivity contribution is 0.914. The number of halogens is 2. The second kappa shape index (κ2) is 3.73. The van der Waals surface area contributed by atoms with E-state index in [1.807, 2.05) is 19.1 Å². The van der Waals surface area contributed by atoms with E-state index in [0.717, 1.165) is 5.56 Å². The van der Waals surface area contributed by atoms with Crippen molar-refractivity contribution in [2.75, 3.05) is 5.09 Å². The topological polar surface area (TPSA) is 12.0 Å². The van der Waals surface area contributed by atoms with Crippen LogP contribution < -0.4 is 5.09 Å². The molecule has 1 unspecified atom stereocenters. The van der Waals surface area contributed by atoms with Gasteiger partial charge in [0.25, 0.3) is 5.85 Å². The summed E-state index contributed by atoms with van der Waals surface area (Å²) in [7, 11) is 0. The predicted octanol–water partition coefficient (Wildman–Crippen LogP) is 3.84. The summed E-state index contributed by atoms with van der Waals surface area (Å²) in [4.78, 5) is 0. The number of nitrogens with one attached hydrogen (secondary N) is 1. The molecule has 12 heavy (non-hydrogen) atoms. The van der Waals surface area contributed by atoms with Gasteiger partial charge in [-0.2, -0.15) is 4.20 Å². The van der Waals surface area contributed by atoms with E-state index in [4.69, 9.17) is 11.2 Å². The van der Waals surface area contributed by atoms with Crippen LogP contribution in [-0.4, -0.2) is 0 Å². The summed E-state index contributed by atoms with van der Waals surface area (Å²) < 4.78 is 12.8. The van der Waals surface area contributed by atoms with Crippen LogP contribution in [0.4, 0.5) is 9.88 Å². The molecule has 0 saturated heterocycles. The molecule has 0 aliphatic rings. The minimum atomic E-state index is -3.35. The van der Waals surface area contributed by atoms with E-state index < -0.39 is 5.85 Å². The minimum absolute atomic E-state index is 0.635. The lowest BCUT2D eigenvalue weighted by Crippen LogP contribution is -1.86. The van der Waals surface area contributed by atoms with Crippen LogP contribution in [0.1, 0.15) is 5.56 Å². The molecule has 1 nitrogen and oxygen atoms in total. The van der Waals surface area contributed by atoms with E-state index in [1.54, 1.807) is 12.1 Å². The van der Waals surface area contributed by atoms with Crippen molar-refractivity contribution >= 4 is 34.6 Å². The first-order valence-corrected chi connectivity index (χ1v) is 6.91. The molecule has 5 heteroatoms. The molecule has 0 bridgehead atoms. The molecule has 66 valence electrons. The molecule has 1 atom stereocenters. The molecule has 1 rings (SSSR count). The second-order valence-electron chi connectivity index (χ2n) is 2.44. The van der Waals surface area contributed by atoms with Crippen LogP contribution in [0, 0.1) is 6.92 Å². The highest BCUT2D eigenvalue weighted by molar-refractivity contribution is 8.25. The van der Waals surface area contributed by atoms with Crippen molar-refractivity contribution in [3.05, 3.63) is 29.8 Å². The maximum Gasteiger partial charge on any atom is 0.285 e. The van der Waals surface area contributed by atoms with E-state index in [1.165, 1.54) is 0 Å². The highest BCUT2D eigenvalue weighted by Crippen LogP contribution is 2.52. The van der Waals surface area contributed by atoms with E-state index in [0.29, 0.717) is 5.69 Å². The van der Waals surface area contributed by atoms with Gasteiger partial charge in [0, 0.05) is 5.69 Å². The Labute approximate surface area is 80.9 Å². The highest BCUT2D eigenvalue weighted by atomic mass is 35.7. The van der Waals surface area contributed by atoms with Gasteiger partial charge >= 0.3 is 0 Å². The van der Waals surface area contributed by atoms with Crippen molar-refractivity contribution in [1.29, 1.82) is 0 Å². The summed E-state index contributed by atoms with van der Waals surface area (Å²) >= 11 is 9.68. The summed E-state index contributed by atoms with van der Waals surface area (Å²) in [5.41, 5.74) is 1.68. The lowest BCUT2D eigenvalue weighted by Gasteiger charge is -2.08. The van der Waals surface area contributed by atoms with Gasteiger partial charge < -0.3 is 5.09 Å². The van der Waals surface area contributed by atoms with Gasteiger partial charge in [-0.15, -0.1) is 0 Å². The van der Waals surface area contributed by atoms with E-state index in [2.05, 4.69) is 16.9 Å². The van der Waals surface area contributed by atoms with Crippen LogP contribution in [0.5, 0.6) is 0 Å². The normalized spacial score (nSPS) is 15.2. The zero-order chi connectivity index (χ0) is 9.19. The number of hydrogen-bond donors (Lipinski definition) is 1. The molecular weight excluding hydrogens is 216 g/mol. The van der Waals surface area contributed by atoms with Gasteiger partial charge in [-0.3, -0.25) is 0 Å². The fourth-order valence-corrected chi connectivity index (χ4v) is 1.91. The fourth-order valence-electron chi connectivity index (χ4n) is 0.865. The molecule has 1 aromatic rings. The molecule has 0 fully saturated rings. The highest BCUT2D eigenvalue weighted by Gasteiger charge is 2.08. The van der Waals surface area contributed by atoms with Gasteiger partial charge in [0.15, 0.2) is 0 Å². The van der Waals surface area contributed by atoms with Crippen LogP contribution in [0.15, 0.2) is 24.3 Å². The largest absolute Gasteiger partial charge is 0.322 e. The number of hydrogen-bond acceptors (Lipinski definition) is 1. The maximum atomic E-state index is 12.8. The first-order valence-electron chi connectivity index (χ1n) is 3.32. The van der Waals surface area contributed by atoms with E-state index >= 15 is 0 Å². The van der Waals surface area contributed by atoms with E-state index in [9.17, 15) is 4.20 Å². The molecule has 0 radical (unpaired) electrons. The van der Waals surface area contributed by atoms with Gasteiger partial charge in [0.05, 0.1) is 0 Å². The zero-order valence-electron chi connectivity index (χ0n) is 6.42. The van der Waals surface area contributed by atoms with Gasteiger partial charge in [-0.1, -0.05) is 12.1 Å². The summed E-state index contributed by atoms with van der Waals surface area (Å²) in [5, 5.41) is 2.45. The van der Waals surface area contributed by atoms with Crippen molar-refractivity contribution in [3.8, 4) is 0 Å². The third-order valence-corrected chi connectivity index (χ3v) is 2.32. The minimum Gasteiger partial charge on any atom is -0.322 e. The van der Waals surface area contributed by atoms with Gasteiger partial charge in [0.2, 0.25) is 0 Å². The van der Waals surface area contributed by atoms with Crippen LogP contribution >= 0.6 is 17.1 Å². The average molecular weight is 224 g/mol. The third kappa shape index (κ3) is 3.53. The monoisotopic (exact) mass is 223 g/mol. The van der Waals surface area contributed by atoms with Crippen LogP contribution in [0.25, 0.3) is 0 Å². The zero-order valence-corrected chi connectivity index (χ0v) is 8.89. The second-order valence-corrected chi connectivity index (χ2v) is 7.10. The summed E-state index contributed by atoms with van der Waals surface area (Å²) in [6.45, 7) is 1.92. The lowest BCUT2D eigenvalue weighted by atomic mass is 10.2. The SMILES string of the molecule is Cc1cccc(NP(F)(=S)Cl)c1. The van der Waals surface area contributed by atoms with Crippen molar-refractivity contribution in [3.63, 3.8) is 0 Å². The Balaban J connectivity index is 2.84. The molecule has 0 aliphatic carbocycles. The summed E-state index contributed by atoms with van der Waals surface area (Å²) in [5.74, 6) is -3.35. The molecule has 0 heterocycles. The Bertz CT molecular complexity index is 325. The molecule has 0 aromatic heterocycles. The molecule has 1 aromatic carbocycles. The van der Waals surface area contributed by atoms with Crippen molar-refractivity contribution in [1.82, 2.24) is 0 Å². The van der Waals surface area contributed by atoms with Crippen molar-refractivity contribution in [2.45, 2.75) is 6.92 Å². The summed E-state index contributed by atoms with van der Waals surface area (Å²) in [6.07, 6.45) is 0. The Kier molecular flexibility index (Phi) is 3.10. The first kappa shape index (κ1) is 9.97. The Hall–Kier alpha value is -0.110. The molecule has 0 aliphatic heterocycles. The fraction of sp³-hybridized carbons (Fsp3) is 0.143. The Morgan fingerprint density at radius 3 is 2.75 bits per heavy atom. The van der Waals surface area contributed by atoms with Crippen LogP contribution in [0.3, 0.4) is 0 Å².